The zero-order valence-electron chi connectivity index (χ0n) is 10.8. The van der Waals surface area contributed by atoms with Crippen molar-refractivity contribution in [3.05, 3.63) is 15.6 Å². The zero-order chi connectivity index (χ0) is 14.3. The number of nitrogens with one attached hydrogen (secondary N) is 1. The summed E-state index contributed by atoms with van der Waals surface area (Å²) in [5, 5.41) is 12.0. The first kappa shape index (κ1) is 15.9. The van der Waals surface area contributed by atoms with Gasteiger partial charge in [-0.05, 0) is 6.92 Å². The van der Waals surface area contributed by atoms with Crippen LogP contribution in [-0.4, -0.2) is 47.1 Å². The highest BCUT2D eigenvalue weighted by atomic mass is 32.2. The van der Waals surface area contributed by atoms with Gasteiger partial charge < -0.3 is 15.2 Å². The van der Waals surface area contributed by atoms with Gasteiger partial charge in [-0.15, -0.1) is 23.1 Å². The van der Waals surface area contributed by atoms with Crippen molar-refractivity contribution in [1.29, 1.82) is 0 Å². The molecule has 0 saturated carbocycles. The molecule has 0 bridgehead atoms. The van der Waals surface area contributed by atoms with Crippen LogP contribution in [0.2, 0.25) is 0 Å². The summed E-state index contributed by atoms with van der Waals surface area (Å²) in [7, 11) is 1.58. The Kier molecular flexibility index (Phi) is 6.82. The molecule has 0 spiro atoms. The van der Waals surface area contributed by atoms with Gasteiger partial charge in [0.15, 0.2) is 0 Å². The maximum Gasteiger partial charge on any atom is 0.313 e. The number of thiazole rings is 1. The van der Waals surface area contributed by atoms with E-state index in [0.29, 0.717) is 29.5 Å². The van der Waals surface area contributed by atoms with Crippen molar-refractivity contribution in [2.24, 2.45) is 0 Å². The molecule has 1 amide bonds. The smallest absolute Gasteiger partial charge is 0.313 e. The van der Waals surface area contributed by atoms with Crippen molar-refractivity contribution in [1.82, 2.24) is 10.3 Å². The average molecular weight is 304 g/mol. The van der Waals surface area contributed by atoms with Gasteiger partial charge in [0.25, 0.3) is 5.91 Å². The molecule has 8 heteroatoms. The number of methoxy groups -OCH3 is 1. The third-order valence-corrected chi connectivity index (χ3v) is 4.15. The molecule has 1 aromatic heterocycles. The number of nitrogens with zero attached hydrogens (tertiary/aromatic N) is 1. The molecular weight excluding hydrogens is 288 g/mol. The standard InChI is InChI=1S/C11H16N2O4S2/c1-7-10(19-8(13-7)5-17-2)11(16)12-3-4-18-6-9(14)15/h3-6H2,1-2H3,(H,12,16)(H,14,15). The zero-order valence-corrected chi connectivity index (χ0v) is 12.4. The Hall–Kier alpha value is -1.12. The van der Waals surface area contributed by atoms with E-state index in [1.807, 2.05) is 0 Å². The number of hydrogen-bond acceptors (Lipinski definition) is 6. The van der Waals surface area contributed by atoms with E-state index in [9.17, 15) is 9.59 Å². The van der Waals surface area contributed by atoms with Crippen molar-refractivity contribution in [3.63, 3.8) is 0 Å². The van der Waals surface area contributed by atoms with Crippen LogP contribution in [0.4, 0.5) is 0 Å². The molecule has 0 aliphatic rings. The first-order chi connectivity index (χ1) is 9.04. The predicted octanol–water partition coefficient (Wildman–Crippen LogP) is 1.15. The monoisotopic (exact) mass is 304 g/mol. The molecule has 1 heterocycles. The van der Waals surface area contributed by atoms with Crippen molar-refractivity contribution >= 4 is 35.0 Å². The summed E-state index contributed by atoms with van der Waals surface area (Å²) in [5.74, 6) is -0.402. The van der Waals surface area contributed by atoms with Gasteiger partial charge >= 0.3 is 5.97 Å². The number of carboxylic acid groups (broad SMARTS) is 1. The van der Waals surface area contributed by atoms with Crippen LogP contribution in [0.1, 0.15) is 20.4 Å². The van der Waals surface area contributed by atoms with Gasteiger partial charge in [0.05, 0.1) is 18.1 Å². The number of aliphatic carboxylic acids is 1. The van der Waals surface area contributed by atoms with E-state index in [4.69, 9.17) is 9.84 Å². The van der Waals surface area contributed by atoms with E-state index in [2.05, 4.69) is 10.3 Å². The lowest BCUT2D eigenvalue weighted by atomic mass is 10.4. The van der Waals surface area contributed by atoms with Crippen LogP contribution in [0.15, 0.2) is 0 Å². The van der Waals surface area contributed by atoms with Crippen LogP contribution in [0.25, 0.3) is 0 Å². The molecule has 0 aliphatic heterocycles. The highest BCUT2D eigenvalue weighted by Crippen LogP contribution is 2.18. The Bertz CT molecular complexity index is 448. The molecule has 1 aromatic rings. The number of carbonyl (C=O) groups is 2. The first-order valence-corrected chi connectivity index (χ1v) is 7.54. The molecule has 0 aliphatic carbocycles. The Morgan fingerprint density at radius 1 is 1.53 bits per heavy atom. The Labute approximate surface area is 119 Å². The summed E-state index contributed by atoms with van der Waals surface area (Å²) in [4.78, 5) is 27.0. The maximum atomic E-state index is 11.9. The van der Waals surface area contributed by atoms with E-state index in [0.717, 1.165) is 5.01 Å². The number of thioether (sulfide) groups is 1. The van der Waals surface area contributed by atoms with Gasteiger partial charge in [-0.25, -0.2) is 4.98 Å². The van der Waals surface area contributed by atoms with Crippen LogP contribution in [-0.2, 0) is 16.1 Å². The molecule has 0 saturated heterocycles. The lowest BCUT2D eigenvalue weighted by molar-refractivity contribution is -0.133. The number of rotatable bonds is 8. The highest BCUT2D eigenvalue weighted by molar-refractivity contribution is 7.99. The molecule has 1 rings (SSSR count). The number of aryl methyl sites for hydroxylation is 1. The van der Waals surface area contributed by atoms with Crippen molar-refractivity contribution in [2.75, 3.05) is 25.2 Å². The molecule has 106 valence electrons. The maximum absolute atomic E-state index is 11.9. The minimum Gasteiger partial charge on any atom is -0.481 e. The number of hydrogen-bond donors (Lipinski definition) is 2. The van der Waals surface area contributed by atoms with Gasteiger partial charge in [0.2, 0.25) is 0 Å². The average Bonchev–Trinajstić information content (AvgIpc) is 2.70. The largest absolute Gasteiger partial charge is 0.481 e. The number of carbonyl (C=O) groups excluding carboxylic acids is 1. The van der Waals surface area contributed by atoms with Crippen LogP contribution >= 0.6 is 23.1 Å². The second-order valence-corrected chi connectivity index (χ2v) is 5.85. The minimum atomic E-state index is -0.848. The summed E-state index contributed by atoms with van der Waals surface area (Å²) in [6.45, 7) is 2.62. The third kappa shape index (κ3) is 5.58. The predicted molar refractivity (Wildman–Crippen MR) is 74.9 cm³/mol. The minimum absolute atomic E-state index is 0.0491. The Morgan fingerprint density at radius 3 is 2.89 bits per heavy atom. The molecule has 0 radical (unpaired) electrons. The van der Waals surface area contributed by atoms with Gasteiger partial charge in [0, 0.05) is 19.4 Å². The van der Waals surface area contributed by atoms with Crippen LogP contribution in [0.5, 0.6) is 0 Å². The van der Waals surface area contributed by atoms with Gasteiger partial charge in [-0.1, -0.05) is 0 Å². The lowest BCUT2D eigenvalue weighted by Gasteiger charge is -2.02. The number of ether oxygens (including phenoxy) is 1. The molecule has 2 N–H and O–H groups in total. The Balaban J connectivity index is 2.38. The summed E-state index contributed by atoms with van der Waals surface area (Å²) in [6.07, 6.45) is 0. The normalized spacial score (nSPS) is 10.4. The number of aromatic nitrogens is 1. The molecule has 0 fully saturated rings. The van der Waals surface area contributed by atoms with Crippen molar-refractivity contribution in [3.8, 4) is 0 Å². The second kappa shape index (κ2) is 8.13. The molecular formula is C11H16N2O4S2. The summed E-state index contributed by atoms with van der Waals surface area (Å²) in [6, 6.07) is 0. The van der Waals surface area contributed by atoms with E-state index < -0.39 is 5.97 Å². The second-order valence-electron chi connectivity index (χ2n) is 3.66. The SMILES string of the molecule is COCc1nc(C)c(C(=O)NCCSCC(=O)O)s1. The number of amides is 1. The van der Waals surface area contributed by atoms with Crippen LogP contribution < -0.4 is 5.32 Å². The van der Waals surface area contributed by atoms with E-state index in [1.165, 1.54) is 23.1 Å². The fourth-order valence-corrected chi connectivity index (χ4v) is 2.84. The summed E-state index contributed by atoms with van der Waals surface area (Å²) >= 11 is 2.58. The molecule has 0 atom stereocenters. The van der Waals surface area contributed by atoms with Crippen molar-refractivity contribution < 1.29 is 19.4 Å². The van der Waals surface area contributed by atoms with Crippen molar-refractivity contribution in [2.45, 2.75) is 13.5 Å². The Morgan fingerprint density at radius 2 is 2.26 bits per heavy atom. The fraction of sp³-hybridized carbons (Fsp3) is 0.545. The first-order valence-electron chi connectivity index (χ1n) is 5.57. The van der Waals surface area contributed by atoms with E-state index in [-0.39, 0.29) is 11.7 Å². The van der Waals surface area contributed by atoms with Gasteiger partial charge in [-0.3, -0.25) is 9.59 Å². The molecule has 6 nitrogen and oxygen atoms in total. The third-order valence-electron chi connectivity index (χ3n) is 2.07. The van der Waals surface area contributed by atoms with E-state index in [1.54, 1.807) is 14.0 Å². The van der Waals surface area contributed by atoms with E-state index >= 15 is 0 Å². The number of carboxylic acids is 1. The quantitative estimate of drug-likeness (QED) is 0.700. The molecule has 0 aromatic carbocycles. The van der Waals surface area contributed by atoms with Crippen LogP contribution in [0.3, 0.4) is 0 Å². The van der Waals surface area contributed by atoms with Crippen LogP contribution in [0, 0.1) is 6.92 Å². The lowest BCUT2D eigenvalue weighted by Crippen LogP contribution is -2.25. The van der Waals surface area contributed by atoms with Gasteiger partial charge in [-0.2, -0.15) is 0 Å². The summed E-state index contributed by atoms with van der Waals surface area (Å²) in [5.41, 5.74) is 0.688. The fourth-order valence-electron chi connectivity index (χ4n) is 1.32. The topological polar surface area (TPSA) is 88.5 Å². The molecule has 19 heavy (non-hydrogen) atoms. The van der Waals surface area contributed by atoms with Gasteiger partial charge in [0.1, 0.15) is 9.88 Å². The summed E-state index contributed by atoms with van der Waals surface area (Å²) < 4.78 is 4.97. The highest BCUT2D eigenvalue weighted by Gasteiger charge is 2.14. The molecule has 0 unspecified atom stereocenters.